The maximum atomic E-state index is 12.3. The molecular formula is C14H13ClN2O4S. The molecule has 0 fully saturated rings. The van der Waals surface area contributed by atoms with Gasteiger partial charge in [0.05, 0.1) is 5.56 Å². The maximum Gasteiger partial charge on any atom is 0.322 e. The smallest absolute Gasteiger partial charge is 0.322 e. The molecule has 2 amide bonds. The van der Waals surface area contributed by atoms with Gasteiger partial charge in [0.2, 0.25) is 5.91 Å². The van der Waals surface area contributed by atoms with Crippen LogP contribution in [0.25, 0.3) is 10.1 Å². The second-order valence-electron chi connectivity index (χ2n) is 4.56. The minimum Gasteiger partial charge on any atom is -0.480 e. The molecular weight excluding hydrogens is 328 g/mol. The van der Waals surface area contributed by atoms with Crippen LogP contribution in [0.3, 0.4) is 0 Å². The van der Waals surface area contributed by atoms with E-state index in [4.69, 9.17) is 16.7 Å². The number of hydrogen-bond donors (Lipinski definition) is 3. The summed E-state index contributed by atoms with van der Waals surface area (Å²) in [5.41, 5.74) is 1.20. The third-order valence-electron chi connectivity index (χ3n) is 2.85. The quantitative estimate of drug-likeness (QED) is 0.727. The average molecular weight is 341 g/mol. The molecule has 0 aliphatic heterocycles. The van der Waals surface area contributed by atoms with E-state index in [-0.39, 0.29) is 11.4 Å². The van der Waals surface area contributed by atoms with Crippen LogP contribution in [-0.4, -0.2) is 35.3 Å². The number of halogens is 1. The largest absolute Gasteiger partial charge is 0.480 e. The van der Waals surface area contributed by atoms with Gasteiger partial charge in [0.25, 0.3) is 5.91 Å². The summed E-state index contributed by atoms with van der Waals surface area (Å²) in [6, 6.07) is 5.56. The third-order valence-corrected chi connectivity index (χ3v) is 4.17. The second kappa shape index (κ2) is 6.76. The highest BCUT2D eigenvalue weighted by Crippen LogP contribution is 2.36. The van der Waals surface area contributed by atoms with Crippen LogP contribution in [-0.2, 0) is 9.59 Å². The van der Waals surface area contributed by atoms with E-state index in [1.165, 1.54) is 11.3 Å². The van der Waals surface area contributed by atoms with E-state index in [2.05, 4.69) is 10.6 Å². The summed E-state index contributed by atoms with van der Waals surface area (Å²) in [4.78, 5) is 34.4. The Kier molecular flexibility index (Phi) is 4.99. The predicted octanol–water partition coefficient (Wildman–Crippen LogP) is 2.20. The molecule has 0 saturated heterocycles. The molecule has 0 saturated carbocycles. The molecule has 2 aromatic rings. The Labute approximate surface area is 135 Å². The van der Waals surface area contributed by atoms with Crippen molar-refractivity contribution in [1.82, 2.24) is 5.32 Å². The van der Waals surface area contributed by atoms with Crippen LogP contribution in [0.2, 0.25) is 0 Å². The van der Waals surface area contributed by atoms with Crippen LogP contribution in [0.4, 0.5) is 5.00 Å². The molecule has 0 aliphatic carbocycles. The van der Waals surface area contributed by atoms with E-state index in [0.29, 0.717) is 10.4 Å². The highest BCUT2D eigenvalue weighted by Gasteiger charge is 2.20. The number of hydrogen-bond acceptors (Lipinski definition) is 4. The van der Waals surface area contributed by atoms with E-state index < -0.39 is 24.3 Å². The Morgan fingerprint density at radius 3 is 2.68 bits per heavy atom. The number of fused-ring (bicyclic) bond motifs is 1. The number of amides is 2. The minimum absolute atomic E-state index is 0.233. The number of rotatable bonds is 5. The van der Waals surface area contributed by atoms with E-state index in [9.17, 15) is 14.4 Å². The SMILES string of the molecule is Cc1ccc2sc(NC(=O)CCl)c(C(=O)NCC(=O)O)c2c1. The fourth-order valence-electron chi connectivity index (χ4n) is 1.93. The van der Waals surface area contributed by atoms with Gasteiger partial charge in [-0.05, 0) is 19.1 Å². The summed E-state index contributed by atoms with van der Waals surface area (Å²) < 4.78 is 0.816. The Morgan fingerprint density at radius 2 is 2.05 bits per heavy atom. The van der Waals surface area contributed by atoms with Gasteiger partial charge >= 0.3 is 5.97 Å². The molecule has 1 aromatic heterocycles. The fraction of sp³-hybridized carbons (Fsp3) is 0.214. The first-order chi connectivity index (χ1) is 10.4. The number of nitrogens with one attached hydrogen (secondary N) is 2. The number of carbonyl (C=O) groups is 3. The number of anilines is 1. The van der Waals surface area contributed by atoms with E-state index in [1.807, 2.05) is 25.1 Å². The second-order valence-corrected chi connectivity index (χ2v) is 5.88. The molecule has 1 heterocycles. The Morgan fingerprint density at radius 1 is 1.32 bits per heavy atom. The number of carboxylic acids is 1. The molecule has 3 N–H and O–H groups in total. The van der Waals surface area contributed by atoms with Gasteiger partial charge < -0.3 is 15.7 Å². The summed E-state index contributed by atoms with van der Waals surface area (Å²) >= 11 is 6.71. The van der Waals surface area contributed by atoms with E-state index in [0.717, 1.165) is 10.3 Å². The van der Waals surface area contributed by atoms with Crippen molar-refractivity contribution in [2.45, 2.75) is 6.92 Å². The van der Waals surface area contributed by atoms with Gasteiger partial charge in [0, 0.05) is 10.1 Å². The molecule has 22 heavy (non-hydrogen) atoms. The van der Waals surface area contributed by atoms with Crippen molar-refractivity contribution in [3.05, 3.63) is 29.3 Å². The summed E-state index contributed by atoms with van der Waals surface area (Å²) in [5.74, 6) is -2.36. The first-order valence-electron chi connectivity index (χ1n) is 6.31. The van der Waals surface area contributed by atoms with Gasteiger partial charge in [-0.2, -0.15) is 0 Å². The van der Waals surface area contributed by atoms with E-state index >= 15 is 0 Å². The van der Waals surface area contributed by atoms with Crippen LogP contribution >= 0.6 is 22.9 Å². The average Bonchev–Trinajstić information content (AvgIpc) is 2.81. The Hall–Kier alpha value is -2.12. The van der Waals surface area contributed by atoms with Crippen molar-refractivity contribution in [2.24, 2.45) is 0 Å². The molecule has 0 atom stereocenters. The highest BCUT2D eigenvalue weighted by atomic mass is 35.5. The normalized spacial score (nSPS) is 10.5. The number of carbonyl (C=O) groups excluding carboxylic acids is 2. The Bertz CT molecular complexity index is 757. The van der Waals surface area contributed by atoms with Crippen molar-refractivity contribution < 1.29 is 19.5 Å². The molecule has 0 spiro atoms. The monoisotopic (exact) mass is 340 g/mol. The summed E-state index contributed by atoms with van der Waals surface area (Å²) in [7, 11) is 0. The van der Waals surface area contributed by atoms with Crippen molar-refractivity contribution in [1.29, 1.82) is 0 Å². The van der Waals surface area contributed by atoms with Crippen molar-refractivity contribution in [2.75, 3.05) is 17.7 Å². The molecule has 0 radical (unpaired) electrons. The standard InChI is InChI=1S/C14H13ClN2O4S/c1-7-2-3-9-8(4-7)12(13(21)16-6-11(19)20)14(22-9)17-10(18)5-15/h2-4H,5-6H2,1H3,(H,16,21)(H,17,18)(H,19,20). The zero-order valence-electron chi connectivity index (χ0n) is 11.6. The van der Waals surface area contributed by atoms with Gasteiger partial charge in [-0.3, -0.25) is 14.4 Å². The van der Waals surface area contributed by atoms with Crippen LogP contribution < -0.4 is 10.6 Å². The van der Waals surface area contributed by atoms with E-state index in [1.54, 1.807) is 0 Å². The number of aliphatic carboxylic acids is 1. The molecule has 0 bridgehead atoms. The number of benzene rings is 1. The number of thiophene rings is 1. The summed E-state index contributed by atoms with van der Waals surface area (Å²) in [6.45, 7) is 1.39. The lowest BCUT2D eigenvalue weighted by Crippen LogP contribution is -2.29. The first kappa shape index (κ1) is 16.3. The summed E-state index contributed by atoms with van der Waals surface area (Å²) in [5, 5.41) is 14.6. The van der Waals surface area contributed by atoms with Crippen LogP contribution in [0.1, 0.15) is 15.9 Å². The fourth-order valence-corrected chi connectivity index (χ4v) is 3.09. The molecule has 0 unspecified atom stereocenters. The van der Waals surface area contributed by atoms with Gasteiger partial charge in [0.15, 0.2) is 0 Å². The molecule has 116 valence electrons. The van der Waals surface area contributed by atoms with Crippen molar-refractivity contribution in [3.8, 4) is 0 Å². The minimum atomic E-state index is -1.14. The van der Waals surface area contributed by atoms with Gasteiger partial charge in [-0.25, -0.2) is 0 Å². The lowest BCUT2D eigenvalue weighted by molar-refractivity contribution is -0.135. The van der Waals surface area contributed by atoms with Crippen LogP contribution in [0, 0.1) is 6.92 Å². The maximum absolute atomic E-state index is 12.3. The predicted molar refractivity (Wildman–Crippen MR) is 85.9 cm³/mol. The molecule has 8 heteroatoms. The number of alkyl halides is 1. The molecule has 1 aromatic carbocycles. The van der Waals surface area contributed by atoms with Crippen molar-refractivity contribution >= 4 is 55.8 Å². The lowest BCUT2D eigenvalue weighted by Gasteiger charge is -2.06. The highest BCUT2D eigenvalue weighted by molar-refractivity contribution is 7.23. The topological polar surface area (TPSA) is 95.5 Å². The van der Waals surface area contributed by atoms with Gasteiger partial charge in [-0.15, -0.1) is 22.9 Å². The number of carboxylic acid groups (broad SMARTS) is 1. The van der Waals surface area contributed by atoms with Crippen LogP contribution in [0.5, 0.6) is 0 Å². The summed E-state index contributed by atoms with van der Waals surface area (Å²) in [6.07, 6.45) is 0. The zero-order valence-corrected chi connectivity index (χ0v) is 13.2. The number of aryl methyl sites for hydroxylation is 1. The molecule has 0 aliphatic rings. The van der Waals surface area contributed by atoms with Crippen molar-refractivity contribution in [3.63, 3.8) is 0 Å². The molecule has 2 rings (SSSR count). The molecule has 6 nitrogen and oxygen atoms in total. The Balaban J connectivity index is 2.48. The van der Waals surface area contributed by atoms with Gasteiger partial charge in [-0.1, -0.05) is 11.6 Å². The third kappa shape index (κ3) is 3.55. The lowest BCUT2D eigenvalue weighted by atomic mass is 10.1. The van der Waals surface area contributed by atoms with Crippen LogP contribution in [0.15, 0.2) is 18.2 Å². The first-order valence-corrected chi connectivity index (χ1v) is 7.66. The zero-order chi connectivity index (χ0) is 16.3. The van der Waals surface area contributed by atoms with Gasteiger partial charge in [0.1, 0.15) is 17.4 Å².